The summed E-state index contributed by atoms with van der Waals surface area (Å²) in [6.07, 6.45) is 1.79. The van der Waals surface area contributed by atoms with E-state index in [0.717, 1.165) is 28.6 Å². The van der Waals surface area contributed by atoms with Crippen molar-refractivity contribution < 1.29 is 0 Å². The Hall–Kier alpha value is -2.76. The minimum atomic E-state index is 0.0544. The third-order valence-electron chi connectivity index (χ3n) is 3.82. The Morgan fingerprint density at radius 2 is 1.88 bits per heavy atom. The molecule has 0 aliphatic carbocycles. The van der Waals surface area contributed by atoms with Gasteiger partial charge in [-0.1, -0.05) is 19.9 Å². The second-order valence-electron chi connectivity index (χ2n) is 6.17. The molecule has 3 rings (SSSR count). The molecule has 0 radical (unpaired) electrons. The molecule has 1 atom stereocenters. The molecule has 0 aliphatic heterocycles. The summed E-state index contributed by atoms with van der Waals surface area (Å²) in [4.78, 5) is 13.4. The van der Waals surface area contributed by atoms with E-state index in [1.807, 2.05) is 37.3 Å². The van der Waals surface area contributed by atoms with Crippen LogP contribution in [0.5, 0.6) is 0 Å². The van der Waals surface area contributed by atoms with Crippen LogP contribution in [0.1, 0.15) is 49.9 Å². The third-order valence-corrected chi connectivity index (χ3v) is 3.82. The van der Waals surface area contributed by atoms with Crippen molar-refractivity contribution in [1.29, 1.82) is 0 Å². The van der Waals surface area contributed by atoms with Gasteiger partial charge in [0.1, 0.15) is 17.3 Å². The van der Waals surface area contributed by atoms with Crippen LogP contribution in [0.3, 0.4) is 0 Å². The van der Waals surface area contributed by atoms with Gasteiger partial charge in [-0.3, -0.25) is 10.1 Å². The second-order valence-corrected chi connectivity index (χ2v) is 6.17. The van der Waals surface area contributed by atoms with Crippen LogP contribution in [0.25, 0.3) is 11.4 Å². The smallest absolute Gasteiger partial charge is 0.130 e. The first-order valence-corrected chi connectivity index (χ1v) is 8.11. The molecule has 0 amide bonds. The molecule has 6 nitrogen and oxygen atoms in total. The summed E-state index contributed by atoms with van der Waals surface area (Å²) >= 11 is 0. The number of H-pyrrole nitrogens is 1. The van der Waals surface area contributed by atoms with Gasteiger partial charge in [0.15, 0.2) is 0 Å². The van der Waals surface area contributed by atoms with Gasteiger partial charge < -0.3 is 5.32 Å². The van der Waals surface area contributed by atoms with Crippen LogP contribution in [-0.2, 0) is 0 Å². The standard InChI is InChI=1S/C18H22N6/c1-11(2)15-9-17(24-23-15)16-10-18(22-13(4)21-16)20-12(3)14-7-5-6-8-19-14/h5-12H,1-4H3,(H,23,24)(H,20,21,22)/t12-/m0/s1. The number of anilines is 1. The Bertz CT molecular complexity index is 809. The van der Waals surface area contributed by atoms with Crippen LogP contribution in [0.4, 0.5) is 5.82 Å². The SMILES string of the molecule is Cc1nc(N[C@@H](C)c2ccccn2)cc(-c2cc(C(C)C)[nH]n2)n1. The van der Waals surface area contributed by atoms with E-state index < -0.39 is 0 Å². The van der Waals surface area contributed by atoms with Crippen LogP contribution in [0, 0.1) is 6.92 Å². The summed E-state index contributed by atoms with van der Waals surface area (Å²) in [5.41, 5.74) is 3.70. The Morgan fingerprint density at radius 3 is 2.54 bits per heavy atom. The van der Waals surface area contributed by atoms with Crippen molar-refractivity contribution in [3.8, 4) is 11.4 Å². The maximum atomic E-state index is 4.51. The fourth-order valence-corrected chi connectivity index (χ4v) is 2.46. The Balaban J connectivity index is 1.86. The molecule has 0 saturated heterocycles. The average Bonchev–Trinajstić information content (AvgIpc) is 3.05. The van der Waals surface area contributed by atoms with Crippen molar-refractivity contribution in [1.82, 2.24) is 25.1 Å². The molecule has 3 heterocycles. The highest BCUT2D eigenvalue weighted by Crippen LogP contribution is 2.23. The topological polar surface area (TPSA) is 79.4 Å². The van der Waals surface area contributed by atoms with Crippen molar-refractivity contribution in [2.75, 3.05) is 5.32 Å². The van der Waals surface area contributed by atoms with Crippen molar-refractivity contribution in [2.24, 2.45) is 0 Å². The zero-order chi connectivity index (χ0) is 17.1. The zero-order valence-electron chi connectivity index (χ0n) is 14.4. The lowest BCUT2D eigenvalue weighted by atomic mass is 10.1. The molecular weight excluding hydrogens is 300 g/mol. The molecule has 3 aromatic rings. The summed E-state index contributed by atoms with van der Waals surface area (Å²) in [5, 5.41) is 10.8. The van der Waals surface area contributed by atoms with E-state index in [0.29, 0.717) is 11.7 Å². The van der Waals surface area contributed by atoms with Gasteiger partial charge in [0.25, 0.3) is 0 Å². The predicted molar refractivity (Wildman–Crippen MR) is 94.7 cm³/mol. The Morgan fingerprint density at radius 1 is 1.04 bits per heavy atom. The zero-order valence-corrected chi connectivity index (χ0v) is 14.4. The molecule has 24 heavy (non-hydrogen) atoms. The molecule has 2 N–H and O–H groups in total. The number of aromatic nitrogens is 5. The van der Waals surface area contributed by atoms with E-state index in [-0.39, 0.29) is 6.04 Å². The molecule has 3 aromatic heterocycles. The van der Waals surface area contributed by atoms with E-state index in [1.54, 1.807) is 6.20 Å². The highest BCUT2D eigenvalue weighted by molar-refractivity contribution is 5.59. The van der Waals surface area contributed by atoms with Gasteiger partial charge in [0.2, 0.25) is 0 Å². The van der Waals surface area contributed by atoms with E-state index >= 15 is 0 Å². The molecule has 0 fully saturated rings. The number of aromatic amines is 1. The van der Waals surface area contributed by atoms with Gasteiger partial charge in [-0.05, 0) is 38.0 Å². The molecule has 124 valence electrons. The molecular formula is C18H22N6. The van der Waals surface area contributed by atoms with Crippen molar-refractivity contribution >= 4 is 5.82 Å². The van der Waals surface area contributed by atoms with E-state index in [1.165, 1.54) is 0 Å². The number of aryl methyl sites for hydroxylation is 1. The fraction of sp³-hybridized carbons (Fsp3) is 0.333. The number of hydrogen-bond acceptors (Lipinski definition) is 5. The number of rotatable bonds is 5. The molecule has 0 aliphatic rings. The van der Waals surface area contributed by atoms with Crippen molar-refractivity contribution in [3.05, 3.63) is 53.7 Å². The second kappa shape index (κ2) is 6.78. The summed E-state index contributed by atoms with van der Waals surface area (Å²) in [7, 11) is 0. The molecule has 6 heteroatoms. The number of hydrogen-bond donors (Lipinski definition) is 2. The molecule has 0 bridgehead atoms. The van der Waals surface area contributed by atoms with Crippen LogP contribution in [-0.4, -0.2) is 25.1 Å². The van der Waals surface area contributed by atoms with Gasteiger partial charge in [-0.15, -0.1) is 0 Å². The lowest BCUT2D eigenvalue weighted by molar-refractivity contribution is 0.810. The van der Waals surface area contributed by atoms with Crippen molar-refractivity contribution in [3.63, 3.8) is 0 Å². The summed E-state index contributed by atoms with van der Waals surface area (Å²) < 4.78 is 0. The first-order chi connectivity index (χ1) is 11.5. The van der Waals surface area contributed by atoms with Gasteiger partial charge >= 0.3 is 0 Å². The normalized spacial score (nSPS) is 12.4. The van der Waals surface area contributed by atoms with Crippen LogP contribution in [0.15, 0.2) is 36.5 Å². The summed E-state index contributed by atoms with van der Waals surface area (Å²) in [6.45, 7) is 8.20. The lowest BCUT2D eigenvalue weighted by Gasteiger charge is -2.14. The number of pyridine rings is 1. The Kier molecular flexibility index (Phi) is 4.55. The van der Waals surface area contributed by atoms with Gasteiger partial charge in [0, 0.05) is 18.0 Å². The van der Waals surface area contributed by atoms with E-state index in [4.69, 9.17) is 0 Å². The van der Waals surface area contributed by atoms with Gasteiger partial charge in [0.05, 0.1) is 17.4 Å². The maximum absolute atomic E-state index is 4.51. The molecule has 0 saturated carbocycles. The van der Waals surface area contributed by atoms with Crippen LogP contribution >= 0.6 is 0 Å². The largest absolute Gasteiger partial charge is 0.362 e. The van der Waals surface area contributed by atoms with E-state index in [9.17, 15) is 0 Å². The predicted octanol–water partition coefficient (Wildman–Crippen LogP) is 3.87. The van der Waals surface area contributed by atoms with Gasteiger partial charge in [-0.2, -0.15) is 5.10 Å². The lowest BCUT2D eigenvalue weighted by Crippen LogP contribution is -2.10. The first kappa shape index (κ1) is 16.1. The van der Waals surface area contributed by atoms with Gasteiger partial charge in [-0.25, -0.2) is 9.97 Å². The summed E-state index contributed by atoms with van der Waals surface area (Å²) in [5.74, 6) is 1.87. The quantitative estimate of drug-likeness (QED) is 0.745. The molecule has 0 aromatic carbocycles. The molecule has 0 spiro atoms. The first-order valence-electron chi connectivity index (χ1n) is 8.11. The van der Waals surface area contributed by atoms with Crippen LogP contribution in [0.2, 0.25) is 0 Å². The Labute approximate surface area is 141 Å². The van der Waals surface area contributed by atoms with E-state index in [2.05, 4.69) is 51.2 Å². The number of nitrogens with zero attached hydrogens (tertiary/aromatic N) is 4. The number of nitrogens with one attached hydrogen (secondary N) is 2. The minimum Gasteiger partial charge on any atom is -0.362 e. The third kappa shape index (κ3) is 3.59. The van der Waals surface area contributed by atoms with Crippen molar-refractivity contribution in [2.45, 2.75) is 39.7 Å². The highest BCUT2D eigenvalue weighted by atomic mass is 15.1. The van der Waals surface area contributed by atoms with Crippen LogP contribution < -0.4 is 5.32 Å². The molecule has 0 unspecified atom stereocenters. The average molecular weight is 322 g/mol. The maximum Gasteiger partial charge on any atom is 0.130 e. The monoisotopic (exact) mass is 322 g/mol. The summed E-state index contributed by atoms with van der Waals surface area (Å²) in [6, 6.07) is 9.90. The fourth-order valence-electron chi connectivity index (χ4n) is 2.46. The minimum absolute atomic E-state index is 0.0544. The highest BCUT2D eigenvalue weighted by Gasteiger charge is 2.12.